The number of hydrogen-bond acceptors (Lipinski definition) is 4. The first-order valence-electron chi connectivity index (χ1n) is 3.79. The van der Waals surface area contributed by atoms with Gasteiger partial charge in [0.25, 0.3) is 6.43 Å². The molecule has 2 N–H and O–H groups in total. The maximum Gasteiger partial charge on any atom is 0.358 e. The second-order valence-electron chi connectivity index (χ2n) is 2.58. The van der Waals surface area contributed by atoms with Gasteiger partial charge in [-0.3, -0.25) is 0 Å². The zero-order valence-electron chi connectivity index (χ0n) is 7.63. The number of rotatable bonds is 2. The highest BCUT2D eigenvalue weighted by Crippen LogP contribution is 2.27. The maximum absolute atomic E-state index is 12.3. The number of carbonyl (C=O) groups excluding carboxylic acids is 1. The van der Waals surface area contributed by atoms with Gasteiger partial charge in [-0.15, -0.1) is 0 Å². The van der Waals surface area contributed by atoms with Crippen LogP contribution in [-0.4, -0.2) is 18.1 Å². The molecular weight excluding hydrogens is 230 g/mol. The number of esters is 1. The van der Waals surface area contributed by atoms with Crippen molar-refractivity contribution < 1.29 is 18.3 Å². The van der Waals surface area contributed by atoms with Crippen LogP contribution in [0.5, 0.6) is 0 Å². The van der Waals surface area contributed by atoms with Gasteiger partial charge in [0.05, 0.1) is 17.8 Å². The summed E-state index contributed by atoms with van der Waals surface area (Å²) in [6.45, 7) is 0. The van der Waals surface area contributed by atoms with E-state index in [1.54, 1.807) is 0 Å². The van der Waals surface area contributed by atoms with Crippen LogP contribution >= 0.6 is 11.6 Å². The Kier molecular flexibility index (Phi) is 3.41. The molecule has 82 valence electrons. The van der Waals surface area contributed by atoms with Crippen LogP contribution in [0, 0.1) is 0 Å². The van der Waals surface area contributed by atoms with Crippen LogP contribution < -0.4 is 5.73 Å². The summed E-state index contributed by atoms with van der Waals surface area (Å²) < 4.78 is 28.9. The summed E-state index contributed by atoms with van der Waals surface area (Å²) in [5.41, 5.74) is 4.20. The first kappa shape index (κ1) is 11.6. The molecule has 0 saturated carbocycles. The fourth-order valence-corrected chi connectivity index (χ4v) is 1.11. The van der Waals surface area contributed by atoms with Crippen molar-refractivity contribution in [2.45, 2.75) is 6.43 Å². The highest BCUT2D eigenvalue weighted by Gasteiger charge is 2.19. The second kappa shape index (κ2) is 4.39. The van der Waals surface area contributed by atoms with Gasteiger partial charge in [0.15, 0.2) is 5.69 Å². The van der Waals surface area contributed by atoms with Crippen molar-refractivity contribution in [3.63, 3.8) is 0 Å². The van der Waals surface area contributed by atoms with E-state index < -0.39 is 23.8 Å². The van der Waals surface area contributed by atoms with Crippen molar-refractivity contribution in [1.82, 2.24) is 4.98 Å². The highest BCUT2D eigenvalue weighted by molar-refractivity contribution is 6.33. The van der Waals surface area contributed by atoms with E-state index in [0.29, 0.717) is 0 Å². The van der Waals surface area contributed by atoms with Gasteiger partial charge in [0.2, 0.25) is 0 Å². The standard InChI is InChI=1S/C8H7ClF2N2O2/c1-15-8(14)6-5(12)3(9)2-4(13-6)7(10)11/h2,7H,12H2,1H3. The lowest BCUT2D eigenvalue weighted by Gasteiger charge is -2.07. The second-order valence-corrected chi connectivity index (χ2v) is 2.99. The molecule has 0 atom stereocenters. The number of carbonyl (C=O) groups is 1. The van der Waals surface area contributed by atoms with Gasteiger partial charge in [-0.2, -0.15) is 0 Å². The van der Waals surface area contributed by atoms with Crippen LogP contribution in [-0.2, 0) is 4.74 Å². The molecule has 0 aliphatic heterocycles. The number of halogens is 3. The van der Waals surface area contributed by atoms with Gasteiger partial charge in [-0.1, -0.05) is 11.6 Å². The van der Waals surface area contributed by atoms with E-state index in [2.05, 4.69) is 9.72 Å². The topological polar surface area (TPSA) is 65.2 Å². The Morgan fingerprint density at radius 2 is 2.27 bits per heavy atom. The minimum absolute atomic E-state index is 0.152. The third-order valence-corrected chi connectivity index (χ3v) is 1.94. The van der Waals surface area contributed by atoms with Crippen LogP contribution in [0.4, 0.5) is 14.5 Å². The predicted molar refractivity (Wildman–Crippen MR) is 50.0 cm³/mol. The lowest BCUT2D eigenvalue weighted by atomic mass is 10.2. The molecule has 1 aromatic heterocycles. The van der Waals surface area contributed by atoms with Crippen LogP contribution in [0.2, 0.25) is 5.02 Å². The first-order chi connectivity index (χ1) is 6.97. The number of alkyl halides is 2. The van der Waals surface area contributed by atoms with Gasteiger partial charge in [-0.25, -0.2) is 18.6 Å². The fourth-order valence-electron chi connectivity index (χ4n) is 0.906. The SMILES string of the molecule is COC(=O)c1nc(C(F)F)cc(Cl)c1N. The molecule has 1 rings (SSSR count). The summed E-state index contributed by atoms with van der Waals surface area (Å²) in [6.07, 6.45) is -2.83. The summed E-state index contributed by atoms with van der Waals surface area (Å²) in [5, 5.41) is -0.152. The van der Waals surface area contributed by atoms with Crippen molar-refractivity contribution in [1.29, 1.82) is 0 Å². The predicted octanol–water partition coefficient (Wildman–Crippen LogP) is 2.04. The van der Waals surface area contributed by atoms with E-state index in [-0.39, 0.29) is 10.7 Å². The number of nitrogens with zero attached hydrogens (tertiary/aromatic N) is 1. The van der Waals surface area contributed by atoms with Crippen molar-refractivity contribution >= 4 is 23.3 Å². The van der Waals surface area contributed by atoms with Crippen LogP contribution in [0.1, 0.15) is 22.6 Å². The molecule has 0 aliphatic rings. The molecule has 0 aromatic carbocycles. The molecule has 0 saturated heterocycles. The van der Waals surface area contributed by atoms with E-state index in [0.717, 1.165) is 13.2 Å². The Bertz CT molecular complexity index is 398. The molecule has 0 spiro atoms. The number of pyridine rings is 1. The molecule has 0 unspecified atom stereocenters. The maximum atomic E-state index is 12.3. The van der Waals surface area contributed by atoms with E-state index in [1.165, 1.54) is 0 Å². The van der Waals surface area contributed by atoms with Crippen molar-refractivity contribution in [3.05, 3.63) is 22.5 Å². The van der Waals surface area contributed by atoms with Gasteiger partial charge in [0.1, 0.15) is 5.69 Å². The Morgan fingerprint density at radius 1 is 1.67 bits per heavy atom. The number of nitrogens with two attached hydrogens (primary N) is 1. The molecule has 0 radical (unpaired) electrons. The zero-order valence-corrected chi connectivity index (χ0v) is 8.39. The number of hydrogen-bond donors (Lipinski definition) is 1. The largest absolute Gasteiger partial charge is 0.464 e. The van der Waals surface area contributed by atoms with Gasteiger partial charge in [-0.05, 0) is 6.07 Å². The van der Waals surface area contributed by atoms with Crippen LogP contribution in [0.25, 0.3) is 0 Å². The van der Waals surface area contributed by atoms with Gasteiger partial charge >= 0.3 is 5.97 Å². The molecule has 0 amide bonds. The quantitative estimate of drug-likeness (QED) is 0.798. The lowest BCUT2D eigenvalue weighted by Crippen LogP contribution is -2.10. The minimum Gasteiger partial charge on any atom is -0.464 e. The van der Waals surface area contributed by atoms with E-state index in [9.17, 15) is 13.6 Å². The third-order valence-electron chi connectivity index (χ3n) is 1.63. The summed E-state index contributed by atoms with van der Waals surface area (Å²) in [5.74, 6) is -0.906. The summed E-state index contributed by atoms with van der Waals surface area (Å²) in [7, 11) is 1.09. The molecule has 1 aromatic rings. The van der Waals surface area contributed by atoms with Gasteiger partial charge in [0, 0.05) is 0 Å². The fraction of sp³-hybridized carbons (Fsp3) is 0.250. The Morgan fingerprint density at radius 3 is 2.73 bits per heavy atom. The van der Waals surface area contributed by atoms with Crippen LogP contribution in [0.3, 0.4) is 0 Å². The lowest BCUT2D eigenvalue weighted by molar-refractivity contribution is 0.0593. The minimum atomic E-state index is -2.83. The molecule has 0 bridgehead atoms. The number of anilines is 1. The smallest absolute Gasteiger partial charge is 0.358 e. The highest BCUT2D eigenvalue weighted by atomic mass is 35.5. The molecule has 15 heavy (non-hydrogen) atoms. The van der Waals surface area contributed by atoms with Crippen LogP contribution in [0.15, 0.2) is 6.07 Å². The van der Waals surface area contributed by atoms with Crippen molar-refractivity contribution in [2.75, 3.05) is 12.8 Å². The molecule has 4 nitrogen and oxygen atoms in total. The third kappa shape index (κ3) is 2.33. The van der Waals surface area contributed by atoms with Gasteiger partial charge < -0.3 is 10.5 Å². The first-order valence-corrected chi connectivity index (χ1v) is 4.17. The Labute approximate surface area is 89.0 Å². The Balaban J connectivity index is 3.31. The number of ether oxygens (including phenoxy) is 1. The summed E-state index contributed by atoms with van der Waals surface area (Å²) in [4.78, 5) is 14.5. The average molecular weight is 237 g/mol. The molecule has 1 heterocycles. The Hall–Kier alpha value is -1.43. The van der Waals surface area contributed by atoms with E-state index in [4.69, 9.17) is 17.3 Å². The van der Waals surface area contributed by atoms with E-state index in [1.807, 2.05) is 0 Å². The molecular formula is C8H7ClF2N2O2. The number of methoxy groups -OCH3 is 1. The molecule has 7 heteroatoms. The average Bonchev–Trinajstić information content (AvgIpc) is 2.20. The number of aromatic nitrogens is 1. The van der Waals surface area contributed by atoms with Crippen molar-refractivity contribution in [3.8, 4) is 0 Å². The zero-order chi connectivity index (χ0) is 11.6. The molecule has 0 fully saturated rings. The summed E-state index contributed by atoms with van der Waals surface area (Å²) >= 11 is 5.56. The number of nitrogen functional groups attached to an aromatic ring is 1. The van der Waals surface area contributed by atoms with E-state index >= 15 is 0 Å². The monoisotopic (exact) mass is 236 g/mol. The molecule has 0 aliphatic carbocycles. The summed E-state index contributed by atoms with van der Waals surface area (Å²) in [6, 6.07) is 0.911. The van der Waals surface area contributed by atoms with Crippen molar-refractivity contribution in [2.24, 2.45) is 0 Å². The normalized spacial score (nSPS) is 10.5.